The summed E-state index contributed by atoms with van der Waals surface area (Å²) in [6.45, 7) is 3.01. The van der Waals surface area contributed by atoms with Crippen molar-refractivity contribution < 1.29 is 23.6 Å². The van der Waals surface area contributed by atoms with Gasteiger partial charge in [-0.3, -0.25) is 0 Å². The maximum absolute atomic E-state index is 14.0. The fourth-order valence-corrected chi connectivity index (χ4v) is 8.77. The highest BCUT2D eigenvalue weighted by molar-refractivity contribution is 5.85. The lowest BCUT2D eigenvalue weighted by Gasteiger charge is -2.39. The Bertz CT molecular complexity index is 2310. The van der Waals surface area contributed by atoms with Crippen molar-refractivity contribution in [3.8, 4) is 6.07 Å². The topological polar surface area (TPSA) is 134 Å². The highest BCUT2D eigenvalue weighted by Gasteiger charge is 2.55. The van der Waals surface area contributed by atoms with Gasteiger partial charge in [-0.25, -0.2) is 23.6 Å². The number of carbonyl (C=O) groups is 4. The molecule has 0 aromatic heterocycles. The van der Waals surface area contributed by atoms with E-state index in [1.165, 1.54) is 12.1 Å². The van der Waals surface area contributed by atoms with Gasteiger partial charge in [-0.2, -0.15) is 0 Å². The second kappa shape index (κ2) is 17.4. The second-order valence-corrected chi connectivity index (χ2v) is 16.3. The summed E-state index contributed by atoms with van der Waals surface area (Å²) in [5, 5.41) is 15.4. The number of hydrogen-bond donors (Lipinski definition) is 4. The number of hydrogen-bond acceptors (Lipinski definition) is 4. The van der Waals surface area contributed by atoms with Crippen molar-refractivity contribution in [2.24, 2.45) is 0 Å². The van der Waals surface area contributed by atoms with Crippen LogP contribution in [0, 0.1) is 11.9 Å². The monoisotopic (exact) mass is 802 g/mol. The smallest absolute Gasteiger partial charge is 0.318 e. The van der Waals surface area contributed by atoms with Gasteiger partial charge in [-0.1, -0.05) is 41.2 Å². The molecule has 0 radical (unpaired) electrons. The molecule has 4 fully saturated rings. The van der Waals surface area contributed by atoms with Gasteiger partial charge in [0, 0.05) is 59.4 Å². The van der Waals surface area contributed by atoms with E-state index in [0.717, 1.165) is 76.8 Å². The Morgan fingerprint density at radius 3 is 1.88 bits per heavy atom. The van der Waals surface area contributed by atoms with Crippen LogP contribution >= 0.6 is 0 Å². The summed E-state index contributed by atoms with van der Waals surface area (Å²) in [6, 6.07) is 25.1. The summed E-state index contributed by atoms with van der Waals surface area (Å²) >= 11 is 0. The normalized spacial score (nSPS) is 21.2. The number of urea groups is 4. The van der Waals surface area contributed by atoms with Crippen molar-refractivity contribution >= 4 is 45.7 Å². The van der Waals surface area contributed by atoms with Gasteiger partial charge >= 0.3 is 30.2 Å². The molecule has 308 valence electrons. The standard InChI is InChI=1S/C45H52FN9O4/c1-47-42(56)52-17-3-5-38(27-52)54(37-15-16-37)44(58)50-25-30-9-12-33-19-29(8-11-34(33)20-30)24-49-40-23-41(40)55(39-6-4-18-53(28-39)43(57)48-2)45(59)51-26-31-7-10-32-13-14-36(46)22-35(32)21-31/h7-14,19-22,37-41H,3-6,15-18,23,25-28H2,1-2H3,(H3-,47,48,50,51,56,57,58,59)/p+1/t38-,39-,40?,41?/m1/s1. The fourth-order valence-electron chi connectivity index (χ4n) is 8.77. The first kappa shape index (κ1) is 39.7. The third kappa shape index (κ3) is 9.30. The second-order valence-electron chi connectivity index (χ2n) is 16.3. The van der Waals surface area contributed by atoms with Crippen molar-refractivity contribution in [1.82, 2.24) is 40.9 Å². The van der Waals surface area contributed by atoms with Crippen molar-refractivity contribution in [3.63, 3.8) is 0 Å². The molecule has 8 amide bonds. The lowest BCUT2D eigenvalue weighted by Crippen LogP contribution is -2.56. The van der Waals surface area contributed by atoms with E-state index >= 15 is 0 Å². The van der Waals surface area contributed by atoms with E-state index in [0.29, 0.717) is 39.1 Å². The van der Waals surface area contributed by atoms with Crippen LogP contribution in [0.4, 0.5) is 23.6 Å². The van der Waals surface area contributed by atoms with Crippen LogP contribution in [0.3, 0.4) is 0 Å². The van der Waals surface area contributed by atoms with Crippen LogP contribution in [0.5, 0.6) is 0 Å². The lowest BCUT2D eigenvalue weighted by atomic mass is 10.0. The molecule has 2 aliphatic heterocycles. The number of halogens is 1. The molecule has 2 aliphatic carbocycles. The summed E-state index contributed by atoms with van der Waals surface area (Å²) < 4.78 is 13.9. The summed E-state index contributed by atoms with van der Waals surface area (Å²) in [6.07, 6.45) is 6.01. The summed E-state index contributed by atoms with van der Waals surface area (Å²) in [7, 11) is 3.26. The van der Waals surface area contributed by atoms with Gasteiger partial charge in [0.2, 0.25) is 0 Å². The van der Waals surface area contributed by atoms with Crippen LogP contribution in [0.2, 0.25) is 0 Å². The first-order chi connectivity index (χ1) is 28.7. The quantitative estimate of drug-likeness (QED) is 0.163. The third-order valence-electron chi connectivity index (χ3n) is 12.1. The SMILES string of the molecule is CNC(=O)N1CCC[C@@H](N(C(=O)NCc2ccc3cc(C#[N+]C4CC4N(C(=O)NCc4ccc5ccc(F)cc5c4)[C@@H]4CCCN(C(=O)NC)C4)ccc3c2)C2CC2)C1. The molecule has 2 unspecified atom stereocenters. The fraction of sp³-hybridized carbons (Fsp3) is 0.444. The van der Waals surface area contributed by atoms with E-state index in [1.807, 2.05) is 58.3 Å². The molecule has 4 aliphatic rings. The van der Waals surface area contributed by atoms with Crippen molar-refractivity contribution in [2.75, 3.05) is 40.3 Å². The molecule has 2 heterocycles. The summed E-state index contributed by atoms with van der Waals surface area (Å²) in [5.41, 5.74) is 2.69. The molecule has 59 heavy (non-hydrogen) atoms. The van der Waals surface area contributed by atoms with Gasteiger partial charge in [0.05, 0.1) is 18.5 Å². The minimum Gasteiger partial charge on any atom is -0.341 e. The van der Waals surface area contributed by atoms with Crippen LogP contribution in [-0.2, 0) is 13.1 Å². The number of benzene rings is 4. The predicted molar refractivity (Wildman–Crippen MR) is 226 cm³/mol. The van der Waals surface area contributed by atoms with E-state index in [2.05, 4.69) is 33.4 Å². The highest BCUT2D eigenvalue weighted by atomic mass is 19.1. The lowest BCUT2D eigenvalue weighted by molar-refractivity contribution is 0.115. The molecule has 0 bridgehead atoms. The minimum absolute atomic E-state index is 0.00873. The molecule has 4 atom stereocenters. The van der Waals surface area contributed by atoms with Crippen LogP contribution in [-0.4, -0.2) is 114 Å². The first-order valence-electron chi connectivity index (χ1n) is 20.9. The average Bonchev–Trinajstić information content (AvgIpc) is 4.21. The van der Waals surface area contributed by atoms with Gasteiger partial charge in [-0.05, 0) is 108 Å². The zero-order chi connectivity index (χ0) is 41.0. The molecule has 4 aromatic carbocycles. The van der Waals surface area contributed by atoms with Gasteiger partial charge in [0.1, 0.15) is 17.4 Å². The van der Waals surface area contributed by atoms with E-state index in [4.69, 9.17) is 4.85 Å². The highest BCUT2D eigenvalue weighted by Crippen LogP contribution is 2.36. The molecule has 4 N–H and O–H groups in total. The molecule has 14 heteroatoms. The molecular formula is C45H53FN9O4+. The maximum Gasteiger partial charge on any atom is 0.318 e. The largest absolute Gasteiger partial charge is 0.341 e. The number of likely N-dealkylation sites (tertiary alicyclic amines) is 2. The number of nitrogens with one attached hydrogen (secondary N) is 4. The number of nitrogens with zero attached hydrogens (tertiary/aromatic N) is 5. The zero-order valence-electron chi connectivity index (χ0n) is 33.8. The first-order valence-corrected chi connectivity index (χ1v) is 20.9. The Hall–Kier alpha value is -6.10. The van der Waals surface area contributed by atoms with Crippen LogP contribution in [0.25, 0.3) is 26.4 Å². The van der Waals surface area contributed by atoms with E-state index < -0.39 is 0 Å². The van der Waals surface area contributed by atoms with Crippen LogP contribution < -0.4 is 21.3 Å². The van der Waals surface area contributed by atoms with Crippen molar-refractivity contribution in [2.45, 2.75) is 88.2 Å². The molecule has 8 rings (SSSR count). The van der Waals surface area contributed by atoms with Crippen LogP contribution in [0.1, 0.15) is 61.6 Å². The maximum atomic E-state index is 14.0. The third-order valence-corrected chi connectivity index (χ3v) is 12.1. The van der Waals surface area contributed by atoms with Gasteiger partial charge in [-0.15, -0.1) is 0 Å². The summed E-state index contributed by atoms with van der Waals surface area (Å²) in [4.78, 5) is 64.5. The number of rotatable bonds is 8. The minimum atomic E-state index is -0.306. The van der Waals surface area contributed by atoms with E-state index in [9.17, 15) is 23.6 Å². The summed E-state index contributed by atoms with van der Waals surface area (Å²) in [5.74, 6) is -0.306. The molecule has 0 spiro atoms. The number of amides is 8. The van der Waals surface area contributed by atoms with Crippen molar-refractivity contribution in [1.29, 1.82) is 0 Å². The Labute approximate surface area is 344 Å². The number of piperidine rings is 2. The Morgan fingerprint density at radius 1 is 0.678 bits per heavy atom. The zero-order valence-corrected chi connectivity index (χ0v) is 33.8. The Kier molecular flexibility index (Phi) is 11.7. The molecule has 2 saturated carbocycles. The van der Waals surface area contributed by atoms with Gasteiger partial charge in [0.15, 0.2) is 0 Å². The molecule has 4 aromatic rings. The molecule has 2 saturated heterocycles. The van der Waals surface area contributed by atoms with E-state index in [-0.39, 0.29) is 66.7 Å². The predicted octanol–water partition coefficient (Wildman–Crippen LogP) is 6.45. The molecular weight excluding hydrogens is 750 g/mol. The Balaban J connectivity index is 0.908. The average molecular weight is 803 g/mol. The van der Waals surface area contributed by atoms with Crippen molar-refractivity contribution in [3.05, 3.63) is 100 Å². The number of fused-ring (bicyclic) bond motifs is 2. The molecule has 13 nitrogen and oxygen atoms in total. The Morgan fingerprint density at radius 2 is 1.24 bits per heavy atom. The number of carbonyl (C=O) groups excluding carboxylic acids is 4. The van der Waals surface area contributed by atoms with Gasteiger partial charge in [0.25, 0.3) is 6.04 Å². The van der Waals surface area contributed by atoms with Crippen LogP contribution in [0.15, 0.2) is 72.8 Å². The van der Waals surface area contributed by atoms with Gasteiger partial charge < -0.3 is 40.9 Å². The van der Waals surface area contributed by atoms with E-state index in [1.54, 1.807) is 30.0 Å².